The zero-order valence-corrected chi connectivity index (χ0v) is 14.1. The maximum Gasteiger partial charge on any atom is 0.330 e. The first-order chi connectivity index (χ1) is 10.6. The molecule has 5 nitrogen and oxygen atoms in total. The molecule has 0 aliphatic heterocycles. The second-order valence-corrected chi connectivity index (χ2v) is 5.89. The predicted molar refractivity (Wildman–Crippen MR) is 89.7 cm³/mol. The van der Waals surface area contributed by atoms with Crippen LogP contribution in [0.1, 0.15) is 6.92 Å². The van der Waals surface area contributed by atoms with Gasteiger partial charge in [0.1, 0.15) is 0 Å². The zero-order valence-electron chi connectivity index (χ0n) is 11.7. The molecule has 0 aliphatic carbocycles. The Kier molecular flexibility index (Phi) is 5.85. The van der Waals surface area contributed by atoms with Gasteiger partial charge in [0, 0.05) is 27.6 Å². The minimum absolute atomic E-state index is 0.272. The van der Waals surface area contributed by atoms with Crippen molar-refractivity contribution in [1.82, 2.24) is 4.98 Å². The van der Waals surface area contributed by atoms with Crippen molar-refractivity contribution in [3.8, 4) is 11.3 Å². The number of ether oxygens (including phenoxy) is 1. The van der Waals surface area contributed by atoms with E-state index in [9.17, 15) is 9.59 Å². The Hall–Kier alpha value is -1.99. The van der Waals surface area contributed by atoms with E-state index >= 15 is 0 Å². The van der Waals surface area contributed by atoms with Gasteiger partial charge in [0.05, 0.1) is 12.3 Å². The quantitative estimate of drug-likeness (QED) is 0.635. The minimum atomic E-state index is -0.549. The van der Waals surface area contributed by atoms with Crippen molar-refractivity contribution >= 4 is 44.3 Å². The first-order valence-corrected chi connectivity index (χ1v) is 8.13. The lowest BCUT2D eigenvalue weighted by Gasteiger charge is -1.98. The van der Waals surface area contributed by atoms with Gasteiger partial charge in [-0.3, -0.25) is 10.1 Å². The molecule has 2 rings (SSSR count). The summed E-state index contributed by atoms with van der Waals surface area (Å²) in [7, 11) is 0. The van der Waals surface area contributed by atoms with Crippen LogP contribution in [-0.4, -0.2) is 23.5 Å². The molecule has 0 radical (unpaired) electrons. The lowest BCUT2D eigenvalue weighted by atomic mass is 10.2. The Morgan fingerprint density at radius 3 is 2.73 bits per heavy atom. The molecule has 1 aromatic heterocycles. The van der Waals surface area contributed by atoms with Gasteiger partial charge < -0.3 is 4.74 Å². The summed E-state index contributed by atoms with van der Waals surface area (Å²) >= 11 is 4.69. The van der Waals surface area contributed by atoms with Gasteiger partial charge in [0.25, 0.3) is 0 Å². The van der Waals surface area contributed by atoms with E-state index < -0.39 is 11.9 Å². The van der Waals surface area contributed by atoms with Crippen molar-refractivity contribution in [1.29, 1.82) is 0 Å². The summed E-state index contributed by atoms with van der Waals surface area (Å²) in [4.78, 5) is 27.1. The normalized spacial score (nSPS) is 10.6. The van der Waals surface area contributed by atoms with E-state index in [2.05, 4.69) is 26.2 Å². The topological polar surface area (TPSA) is 68.3 Å². The van der Waals surface area contributed by atoms with Crippen LogP contribution in [0.15, 0.2) is 46.3 Å². The molecular formula is C15H13BrN2O3S. The molecule has 0 saturated carbocycles. The van der Waals surface area contributed by atoms with Gasteiger partial charge in [-0.05, 0) is 19.1 Å². The lowest BCUT2D eigenvalue weighted by molar-refractivity contribution is -0.137. The summed E-state index contributed by atoms with van der Waals surface area (Å²) in [6.07, 6.45) is 2.21. The lowest BCUT2D eigenvalue weighted by Crippen LogP contribution is -2.09. The molecule has 2 aromatic rings. The van der Waals surface area contributed by atoms with Crippen LogP contribution < -0.4 is 5.32 Å². The fourth-order valence-corrected chi connectivity index (χ4v) is 2.55. The standard InChI is InChI=1S/C15H13BrN2O3S/c1-2-21-14(20)8-7-13(19)18-15-17-12(9-22-15)10-3-5-11(16)6-4-10/h3-9H,2H2,1H3,(H,17,18,19). The molecule has 1 amide bonds. The minimum Gasteiger partial charge on any atom is -0.463 e. The number of thiazole rings is 1. The molecule has 22 heavy (non-hydrogen) atoms. The number of amides is 1. The van der Waals surface area contributed by atoms with E-state index in [0.717, 1.165) is 27.9 Å². The highest BCUT2D eigenvalue weighted by Crippen LogP contribution is 2.25. The molecule has 0 fully saturated rings. The Labute approximate surface area is 140 Å². The number of hydrogen-bond donors (Lipinski definition) is 1. The molecule has 0 unspecified atom stereocenters. The van der Waals surface area contributed by atoms with Gasteiger partial charge in [0.2, 0.25) is 5.91 Å². The summed E-state index contributed by atoms with van der Waals surface area (Å²) < 4.78 is 5.68. The molecular weight excluding hydrogens is 368 g/mol. The van der Waals surface area contributed by atoms with E-state index in [1.54, 1.807) is 6.92 Å². The number of carbonyl (C=O) groups is 2. The van der Waals surface area contributed by atoms with E-state index in [1.807, 2.05) is 29.6 Å². The van der Waals surface area contributed by atoms with E-state index in [1.165, 1.54) is 11.3 Å². The van der Waals surface area contributed by atoms with Gasteiger partial charge >= 0.3 is 5.97 Å². The largest absolute Gasteiger partial charge is 0.463 e. The van der Waals surface area contributed by atoms with Crippen LogP contribution in [-0.2, 0) is 14.3 Å². The van der Waals surface area contributed by atoms with Gasteiger partial charge in [-0.15, -0.1) is 11.3 Å². The molecule has 7 heteroatoms. The highest BCUT2D eigenvalue weighted by molar-refractivity contribution is 9.10. The first kappa shape index (κ1) is 16.4. The van der Waals surface area contributed by atoms with Crippen LogP contribution in [0.3, 0.4) is 0 Å². The molecule has 0 spiro atoms. The van der Waals surface area contributed by atoms with Crippen LogP contribution in [0.2, 0.25) is 0 Å². The van der Waals surface area contributed by atoms with Crippen molar-refractivity contribution in [3.05, 3.63) is 46.3 Å². The van der Waals surface area contributed by atoms with Gasteiger partial charge in [-0.1, -0.05) is 28.1 Å². The molecule has 1 heterocycles. The number of esters is 1. The summed E-state index contributed by atoms with van der Waals surface area (Å²) in [6.45, 7) is 1.97. The summed E-state index contributed by atoms with van der Waals surface area (Å²) in [6, 6.07) is 7.72. The van der Waals surface area contributed by atoms with Gasteiger partial charge in [0.15, 0.2) is 5.13 Å². The van der Waals surface area contributed by atoms with Crippen LogP contribution in [0, 0.1) is 0 Å². The van der Waals surface area contributed by atoms with Crippen molar-refractivity contribution in [2.24, 2.45) is 0 Å². The maximum absolute atomic E-state index is 11.7. The smallest absolute Gasteiger partial charge is 0.330 e. The van der Waals surface area contributed by atoms with Crippen molar-refractivity contribution in [3.63, 3.8) is 0 Å². The Morgan fingerprint density at radius 1 is 1.32 bits per heavy atom. The average Bonchev–Trinajstić information content (AvgIpc) is 2.95. The molecule has 0 atom stereocenters. The van der Waals surface area contributed by atoms with Crippen molar-refractivity contribution in [2.45, 2.75) is 6.92 Å². The van der Waals surface area contributed by atoms with E-state index in [4.69, 9.17) is 4.74 Å². The summed E-state index contributed by atoms with van der Waals surface area (Å²) in [5.74, 6) is -0.975. The monoisotopic (exact) mass is 380 g/mol. The number of hydrogen-bond acceptors (Lipinski definition) is 5. The summed E-state index contributed by atoms with van der Waals surface area (Å²) in [5.41, 5.74) is 1.74. The first-order valence-electron chi connectivity index (χ1n) is 6.45. The third kappa shape index (κ3) is 4.78. The molecule has 0 aliphatic rings. The van der Waals surface area contributed by atoms with E-state index in [-0.39, 0.29) is 6.61 Å². The molecule has 114 valence electrons. The van der Waals surface area contributed by atoms with Crippen molar-refractivity contribution < 1.29 is 14.3 Å². The van der Waals surface area contributed by atoms with Crippen LogP contribution >= 0.6 is 27.3 Å². The number of anilines is 1. The number of nitrogens with one attached hydrogen (secondary N) is 1. The second-order valence-electron chi connectivity index (χ2n) is 4.12. The predicted octanol–water partition coefficient (Wildman–Crippen LogP) is 3.63. The van der Waals surface area contributed by atoms with E-state index in [0.29, 0.717) is 5.13 Å². The van der Waals surface area contributed by atoms with Crippen LogP contribution in [0.5, 0.6) is 0 Å². The average molecular weight is 381 g/mol. The Balaban J connectivity index is 1.98. The van der Waals surface area contributed by atoms with Gasteiger partial charge in [-0.2, -0.15) is 0 Å². The highest BCUT2D eigenvalue weighted by Gasteiger charge is 2.07. The molecule has 1 aromatic carbocycles. The van der Waals surface area contributed by atoms with Gasteiger partial charge in [-0.25, -0.2) is 9.78 Å². The molecule has 0 bridgehead atoms. The maximum atomic E-state index is 11.7. The third-order valence-corrected chi connectivity index (χ3v) is 3.82. The summed E-state index contributed by atoms with van der Waals surface area (Å²) in [5, 5.41) is 4.93. The number of aromatic nitrogens is 1. The number of benzene rings is 1. The highest BCUT2D eigenvalue weighted by atomic mass is 79.9. The third-order valence-electron chi connectivity index (χ3n) is 2.53. The molecule has 0 saturated heterocycles. The zero-order chi connectivity index (χ0) is 15.9. The fourth-order valence-electron chi connectivity index (χ4n) is 1.57. The number of halogens is 1. The van der Waals surface area contributed by atoms with Crippen LogP contribution in [0.4, 0.5) is 5.13 Å². The van der Waals surface area contributed by atoms with Crippen LogP contribution in [0.25, 0.3) is 11.3 Å². The van der Waals surface area contributed by atoms with Crippen molar-refractivity contribution in [2.75, 3.05) is 11.9 Å². The Bertz CT molecular complexity index is 695. The number of rotatable bonds is 5. The molecule has 1 N–H and O–H groups in total. The SMILES string of the molecule is CCOC(=O)C=CC(=O)Nc1nc(-c2ccc(Br)cc2)cs1. The number of nitrogens with zero attached hydrogens (tertiary/aromatic N) is 1. The Morgan fingerprint density at radius 2 is 2.05 bits per heavy atom. The fraction of sp³-hybridized carbons (Fsp3) is 0.133. The number of carbonyl (C=O) groups excluding carboxylic acids is 2. The second kappa shape index (κ2) is 7.86.